The summed E-state index contributed by atoms with van der Waals surface area (Å²) >= 11 is 6.12. The van der Waals surface area contributed by atoms with Crippen LogP contribution in [-0.2, 0) is 6.42 Å². The van der Waals surface area contributed by atoms with Gasteiger partial charge in [-0.25, -0.2) is 0 Å². The van der Waals surface area contributed by atoms with Crippen LogP contribution in [0.3, 0.4) is 0 Å². The highest BCUT2D eigenvalue weighted by Gasteiger charge is 2.30. The molecule has 0 fully saturated rings. The Morgan fingerprint density at radius 3 is 2.50 bits per heavy atom. The highest BCUT2D eigenvalue weighted by Crippen LogP contribution is 2.41. The van der Waals surface area contributed by atoms with Crippen LogP contribution in [0.15, 0.2) is 36.4 Å². The lowest BCUT2D eigenvalue weighted by atomic mass is 9.86. The summed E-state index contributed by atoms with van der Waals surface area (Å²) in [5.74, 6) is 0.241. The SMILES string of the molecule is CCc1ccc2c(c1)N(C)C(=O)c1cc(Cl)ccc1C2CC. The lowest BCUT2D eigenvalue weighted by Gasteiger charge is -2.21. The Balaban J connectivity index is 2.28. The molecule has 0 saturated heterocycles. The number of anilines is 1. The molecule has 0 N–H and O–H groups in total. The van der Waals surface area contributed by atoms with Crippen molar-refractivity contribution < 1.29 is 4.79 Å². The van der Waals surface area contributed by atoms with E-state index < -0.39 is 0 Å². The normalized spacial score (nSPS) is 17.0. The quantitative estimate of drug-likeness (QED) is 0.761. The highest BCUT2D eigenvalue weighted by atomic mass is 35.5. The second-order valence-corrected chi connectivity index (χ2v) is 6.24. The molecule has 0 radical (unpaired) electrons. The monoisotopic (exact) mass is 313 g/mol. The Hall–Kier alpha value is -1.80. The first kappa shape index (κ1) is 15.1. The summed E-state index contributed by atoms with van der Waals surface area (Å²) in [6.07, 6.45) is 1.92. The average molecular weight is 314 g/mol. The topological polar surface area (TPSA) is 20.3 Å². The van der Waals surface area contributed by atoms with E-state index in [-0.39, 0.29) is 11.8 Å². The third-order valence-corrected chi connectivity index (χ3v) is 4.81. The molecule has 3 rings (SSSR count). The second kappa shape index (κ2) is 5.77. The molecule has 114 valence electrons. The minimum atomic E-state index is 0.0166. The van der Waals surface area contributed by atoms with Crippen LogP contribution in [0.5, 0.6) is 0 Å². The van der Waals surface area contributed by atoms with Crippen molar-refractivity contribution in [2.45, 2.75) is 32.6 Å². The zero-order valence-electron chi connectivity index (χ0n) is 13.2. The van der Waals surface area contributed by atoms with Gasteiger partial charge in [0, 0.05) is 29.2 Å². The van der Waals surface area contributed by atoms with Gasteiger partial charge in [-0.3, -0.25) is 4.79 Å². The summed E-state index contributed by atoms with van der Waals surface area (Å²) < 4.78 is 0. The minimum Gasteiger partial charge on any atom is -0.311 e. The summed E-state index contributed by atoms with van der Waals surface area (Å²) in [4.78, 5) is 14.6. The van der Waals surface area contributed by atoms with E-state index in [1.807, 2.05) is 19.2 Å². The van der Waals surface area contributed by atoms with E-state index in [4.69, 9.17) is 11.6 Å². The van der Waals surface area contributed by atoms with Gasteiger partial charge in [-0.2, -0.15) is 0 Å². The molecule has 1 amide bonds. The first-order chi connectivity index (χ1) is 10.6. The molecule has 1 aliphatic rings. The number of carbonyl (C=O) groups is 1. The first-order valence-corrected chi connectivity index (χ1v) is 8.14. The molecule has 0 aromatic heterocycles. The minimum absolute atomic E-state index is 0.0166. The Bertz CT molecular complexity index is 738. The molecular formula is C19H20ClNO. The van der Waals surface area contributed by atoms with Crippen LogP contribution in [0.2, 0.25) is 5.02 Å². The van der Waals surface area contributed by atoms with Crippen molar-refractivity contribution in [1.29, 1.82) is 0 Å². The maximum atomic E-state index is 12.9. The Kier molecular flexibility index (Phi) is 3.96. The van der Waals surface area contributed by atoms with Crippen molar-refractivity contribution in [3.63, 3.8) is 0 Å². The zero-order chi connectivity index (χ0) is 15.9. The molecule has 0 aliphatic carbocycles. The van der Waals surface area contributed by atoms with E-state index in [0.717, 1.165) is 29.7 Å². The Morgan fingerprint density at radius 1 is 1.09 bits per heavy atom. The number of hydrogen-bond acceptors (Lipinski definition) is 1. The third-order valence-electron chi connectivity index (χ3n) is 4.57. The molecule has 1 heterocycles. The van der Waals surface area contributed by atoms with Crippen molar-refractivity contribution in [1.82, 2.24) is 0 Å². The van der Waals surface area contributed by atoms with Crippen LogP contribution in [0.25, 0.3) is 0 Å². The molecule has 2 nitrogen and oxygen atoms in total. The second-order valence-electron chi connectivity index (χ2n) is 5.80. The van der Waals surface area contributed by atoms with E-state index in [1.54, 1.807) is 11.0 Å². The molecule has 2 aromatic rings. The molecule has 1 aliphatic heterocycles. The standard InChI is InChI=1S/C19H20ClNO/c1-4-12-6-8-16-14(5-2)15-9-7-13(20)11-17(15)19(22)21(3)18(16)10-12/h6-11,14H,4-5H2,1-3H3. The molecule has 2 aromatic carbocycles. The molecule has 0 bridgehead atoms. The van der Waals surface area contributed by atoms with Gasteiger partial charge in [0.25, 0.3) is 5.91 Å². The van der Waals surface area contributed by atoms with Crippen LogP contribution in [0.1, 0.15) is 53.2 Å². The smallest absolute Gasteiger partial charge is 0.258 e. The Morgan fingerprint density at radius 2 is 1.82 bits per heavy atom. The molecule has 0 saturated carbocycles. The van der Waals surface area contributed by atoms with E-state index in [2.05, 4.69) is 32.0 Å². The number of halogens is 1. The molecule has 1 atom stereocenters. The van der Waals surface area contributed by atoms with E-state index in [0.29, 0.717) is 5.02 Å². The van der Waals surface area contributed by atoms with Crippen LogP contribution in [0.4, 0.5) is 5.69 Å². The largest absolute Gasteiger partial charge is 0.311 e. The number of carbonyl (C=O) groups excluding carboxylic acids is 1. The number of benzene rings is 2. The van der Waals surface area contributed by atoms with Crippen molar-refractivity contribution in [3.8, 4) is 0 Å². The summed E-state index contributed by atoms with van der Waals surface area (Å²) in [7, 11) is 1.85. The van der Waals surface area contributed by atoms with Gasteiger partial charge in [-0.1, -0.05) is 43.6 Å². The van der Waals surface area contributed by atoms with Crippen molar-refractivity contribution in [2.24, 2.45) is 0 Å². The Labute approximate surface area is 136 Å². The number of rotatable bonds is 2. The van der Waals surface area contributed by atoms with Crippen LogP contribution < -0.4 is 4.90 Å². The van der Waals surface area contributed by atoms with E-state index in [1.165, 1.54) is 11.1 Å². The summed E-state index contributed by atoms with van der Waals surface area (Å²) in [5.41, 5.74) is 5.28. The summed E-state index contributed by atoms with van der Waals surface area (Å²) in [6.45, 7) is 4.29. The van der Waals surface area contributed by atoms with Crippen LogP contribution in [0, 0.1) is 0 Å². The van der Waals surface area contributed by atoms with Gasteiger partial charge in [0.05, 0.1) is 0 Å². The lowest BCUT2D eigenvalue weighted by Crippen LogP contribution is -2.26. The maximum absolute atomic E-state index is 12.9. The molecule has 1 unspecified atom stereocenters. The summed E-state index contributed by atoms with van der Waals surface area (Å²) in [5, 5.41) is 0.607. The van der Waals surface area contributed by atoms with Crippen molar-refractivity contribution >= 4 is 23.2 Å². The fourth-order valence-electron chi connectivity index (χ4n) is 3.31. The van der Waals surface area contributed by atoms with Gasteiger partial charge in [-0.05, 0) is 47.7 Å². The van der Waals surface area contributed by atoms with Crippen molar-refractivity contribution in [3.05, 3.63) is 63.7 Å². The molecule has 22 heavy (non-hydrogen) atoms. The average Bonchev–Trinajstić information content (AvgIpc) is 2.62. The van der Waals surface area contributed by atoms with Crippen LogP contribution >= 0.6 is 11.6 Å². The lowest BCUT2D eigenvalue weighted by molar-refractivity contribution is 0.0993. The van der Waals surface area contributed by atoms with Gasteiger partial charge >= 0.3 is 0 Å². The van der Waals surface area contributed by atoms with E-state index in [9.17, 15) is 4.79 Å². The maximum Gasteiger partial charge on any atom is 0.258 e. The molecule has 0 spiro atoms. The number of nitrogens with zero attached hydrogens (tertiary/aromatic N) is 1. The molecule has 3 heteroatoms. The summed E-state index contributed by atoms with van der Waals surface area (Å²) in [6, 6.07) is 12.2. The number of amides is 1. The number of fused-ring (bicyclic) bond motifs is 2. The predicted octanol–water partition coefficient (Wildman–Crippen LogP) is 5.03. The van der Waals surface area contributed by atoms with Gasteiger partial charge < -0.3 is 4.90 Å². The highest BCUT2D eigenvalue weighted by molar-refractivity contribution is 6.31. The molecular weight excluding hydrogens is 294 g/mol. The van der Waals surface area contributed by atoms with Gasteiger partial charge in [0.15, 0.2) is 0 Å². The van der Waals surface area contributed by atoms with Crippen molar-refractivity contribution in [2.75, 3.05) is 11.9 Å². The fraction of sp³-hybridized carbons (Fsp3) is 0.316. The zero-order valence-corrected chi connectivity index (χ0v) is 13.9. The predicted molar refractivity (Wildman–Crippen MR) is 92.1 cm³/mol. The van der Waals surface area contributed by atoms with Crippen LogP contribution in [-0.4, -0.2) is 13.0 Å². The van der Waals surface area contributed by atoms with E-state index >= 15 is 0 Å². The fourth-order valence-corrected chi connectivity index (χ4v) is 3.48. The first-order valence-electron chi connectivity index (χ1n) is 7.77. The third kappa shape index (κ3) is 2.32. The number of aryl methyl sites for hydroxylation is 1. The number of hydrogen-bond donors (Lipinski definition) is 0. The van der Waals surface area contributed by atoms with Gasteiger partial charge in [-0.15, -0.1) is 0 Å². The van der Waals surface area contributed by atoms with Gasteiger partial charge in [0.1, 0.15) is 0 Å². The van der Waals surface area contributed by atoms with Gasteiger partial charge in [0.2, 0.25) is 0 Å².